The second kappa shape index (κ2) is 9.07. The second-order valence-corrected chi connectivity index (χ2v) is 6.05. The molecular weight excluding hydrogens is 298 g/mol. The number of hydrazine groups is 1. The van der Waals surface area contributed by atoms with Crippen LogP contribution in [0.2, 0.25) is 5.02 Å². The third-order valence-electron chi connectivity index (χ3n) is 2.63. The van der Waals surface area contributed by atoms with E-state index in [4.69, 9.17) is 17.3 Å². The Balaban J connectivity index is 2.37. The molecule has 5 N–H and O–H groups in total. The fourth-order valence-corrected chi connectivity index (χ4v) is 2.41. The molecule has 1 rings (SSSR count). The van der Waals surface area contributed by atoms with Crippen molar-refractivity contribution in [2.24, 2.45) is 5.73 Å². The highest BCUT2D eigenvalue weighted by atomic mass is 35.5. The van der Waals surface area contributed by atoms with Crippen LogP contribution < -0.4 is 16.6 Å². The van der Waals surface area contributed by atoms with E-state index in [1.54, 1.807) is 36.0 Å². The van der Waals surface area contributed by atoms with E-state index in [9.17, 15) is 9.90 Å². The van der Waals surface area contributed by atoms with E-state index in [1.165, 1.54) is 0 Å². The molecule has 0 spiro atoms. The van der Waals surface area contributed by atoms with Gasteiger partial charge in [0.1, 0.15) is 6.10 Å². The summed E-state index contributed by atoms with van der Waals surface area (Å²) >= 11 is 7.54. The van der Waals surface area contributed by atoms with Gasteiger partial charge in [0.25, 0.3) is 5.91 Å². The molecule has 0 saturated heterocycles. The molecule has 7 heteroatoms. The molecular formula is C13H20ClN3O2S. The van der Waals surface area contributed by atoms with Gasteiger partial charge in [-0.3, -0.25) is 15.6 Å². The molecule has 0 saturated carbocycles. The molecule has 112 valence electrons. The smallest absolute Gasteiger partial charge is 0.268 e. The van der Waals surface area contributed by atoms with Crippen molar-refractivity contribution in [2.75, 3.05) is 16.9 Å². The van der Waals surface area contributed by atoms with Gasteiger partial charge in [0.05, 0.1) is 5.69 Å². The van der Waals surface area contributed by atoms with E-state index in [-0.39, 0.29) is 0 Å². The molecule has 0 aliphatic heterocycles. The number of nitrogens with one attached hydrogen (secondary N) is 2. The van der Waals surface area contributed by atoms with Crippen molar-refractivity contribution in [3.63, 3.8) is 0 Å². The average Bonchev–Trinajstić information content (AvgIpc) is 2.44. The van der Waals surface area contributed by atoms with Crippen LogP contribution in [0.25, 0.3) is 0 Å². The lowest BCUT2D eigenvalue weighted by atomic mass is 10.1. The van der Waals surface area contributed by atoms with E-state index in [0.29, 0.717) is 17.1 Å². The van der Waals surface area contributed by atoms with Crippen LogP contribution in [0, 0.1) is 0 Å². The standard InChI is InChI=1S/C13H20ClN3O2S/c1-2-20-7-6-11(15)12(18)13(19)17-16-10-5-3-4-9(14)8-10/h3-5,8,11-12,16,18H,2,6-7,15H2,1H3,(H,17,19)/t11-,12?/m1/s1. The fourth-order valence-electron chi connectivity index (χ4n) is 1.49. The number of carbonyl (C=O) groups excluding carboxylic acids is 1. The van der Waals surface area contributed by atoms with Crippen molar-refractivity contribution in [2.45, 2.75) is 25.5 Å². The normalized spacial score (nSPS) is 13.6. The summed E-state index contributed by atoms with van der Waals surface area (Å²) in [4.78, 5) is 11.7. The number of amides is 1. The first-order chi connectivity index (χ1) is 9.54. The lowest BCUT2D eigenvalue weighted by molar-refractivity contribution is -0.129. The topological polar surface area (TPSA) is 87.4 Å². The third-order valence-corrected chi connectivity index (χ3v) is 3.80. The van der Waals surface area contributed by atoms with E-state index in [0.717, 1.165) is 11.5 Å². The molecule has 0 radical (unpaired) electrons. The molecule has 0 heterocycles. The van der Waals surface area contributed by atoms with E-state index < -0.39 is 18.1 Å². The van der Waals surface area contributed by atoms with Crippen LogP contribution >= 0.6 is 23.4 Å². The number of carbonyl (C=O) groups is 1. The largest absolute Gasteiger partial charge is 0.382 e. The highest BCUT2D eigenvalue weighted by Gasteiger charge is 2.22. The molecule has 20 heavy (non-hydrogen) atoms. The summed E-state index contributed by atoms with van der Waals surface area (Å²) in [7, 11) is 0. The summed E-state index contributed by atoms with van der Waals surface area (Å²) in [5.74, 6) is 1.26. The fraction of sp³-hybridized carbons (Fsp3) is 0.462. The summed E-state index contributed by atoms with van der Waals surface area (Å²) in [6, 6.07) is 6.31. The maximum atomic E-state index is 11.7. The van der Waals surface area contributed by atoms with Gasteiger partial charge in [0.15, 0.2) is 0 Å². The monoisotopic (exact) mass is 317 g/mol. The van der Waals surface area contributed by atoms with Crippen molar-refractivity contribution >= 4 is 35.0 Å². The number of nitrogens with two attached hydrogens (primary N) is 1. The van der Waals surface area contributed by atoms with Gasteiger partial charge in [0, 0.05) is 11.1 Å². The molecule has 1 amide bonds. The Bertz CT molecular complexity index is 434. The number of benzene rings is 1. The molecule has 2 atom stereocenters. The summed E-state index contributed by atoms with van der Waals surface area (Å²) in [5.41, 5.74) is 11.5. The number of anilines is 1. The first-order valence-electron chi connectivity index (χ1n) is 6.37. The number of rotatable bonds is 8. The Morgan fingerprint density at radius 2 is 2.30 bits per heavy atom. The van der Waals surface area contributed by atoms with Gasteiger partial charge in [0.2, 0.25) is 0 Å². The number of halogens is 1. The molecule has 0 aliphatic rings. The zero-order valence-corrected chi connectivity index (χ0v) is 12.9. The maximum Gasteiger partial charge on any atom is 0.268 e. The Hall–Kier alpha value is -0.950. The van der Waals surface area contributed by atoms with Crippen LogP contribution in [-0.4, -0.2) is 34.7 Å². The van der Waals surface area contributed by atoms with Crippen molar-refractivity contribution < 1.29 is 9.90 Å². The van der Waals surface area contributed by atoms with Gasteiger partial charge < -0.3 is 10.8 Å². The predicted octanol–water partition coefficient (Wildman–Crippen LogP) is 1.61. The number of hydrogen-bond donors (Lipinski definition) is 4. The Morgan fingerprint density at radius 1 is 1.55 bits per heavy atom. The van der Waals surface area contributed by atoms with Crippen LogP contribution in [0.5, 0.6) is 0 Å². The summed E-state index contributed by atoms with van der Waals surface area (Å²) in [6.45, 7) is 2.05. The summed E-state index contributed by atoms with van der Waals surface area (Å²) < 4.78 is 0. The van der Waals surface area contributed by atoms with E-state index in [2.05, 4.69) is 10.9 Å². The van der Waals surface area contributed by atoms with Crippen LogP contribution in [0.4, 0.5) is 5.69 Å². The highest BCUT2D eigenvalue weighted by molar-refractivity contribution is 7.99. The van der Waals surface area contributed by atoms with E-state index >= 15 is 0 Å². The van der Waals surface area contributed by atoms with Gasteiger partial charge in [-0.1, -0.05) is 24.6 Å². The quantitative estimate of drug-likeness (QED) is 0.432. The molecule has 5 nitrogen and oxygen atoms in total. The third kappa shape index (κ3) is 6.00. The lowest BCUT2D eigenvalue weighted by Crippen LogP contribution is -2.48. The molecule has 1 aromatic rings. The van der Waals surface area contributed by atoms with E-state index in [1.807, 2.05) is 6.92 Å². The molecule has 1 aromatic carbocycles. The number of aliphatic hydroxyl groups excluding tert-OH is 1. The van der Waals surface area contributed by atoms with Crippen LogP contribution in [0.15, 0.2) is 24.3 Å². The minimum Gasteiger partial charge on any atom is -0.382 e. The molecule has 0 fully saturated rings. The number of aliphatic hydroxyl groups is 1. The van der Waals surface area contributed by atoms with Gasteiger partial charge in [-0.15, -0.1) is 0 Å². The average molecular weight is 318 g/mol. The predicted molar refractivity (Wildman–Crippen MR) is 84.8 cm³/mol. The molecule has 0 aliphatic carbocycles. The van der Waals surface area contributed by atoms with Crippen molar-refractivity contribution in [1.29, 1.82) is 0 Å². The van der Waals surface area contributed by atoms with Crippen molar-refractivity contribution in [3.05, 3.63) is 29.3 Å². The number of thioether (sulfide) groups is 1. The van der Waals surface area contributed by atoms with Gasteiger partial charge in [-0.25, -0.2) is 0 Å². The molecule has 0 aromatic heterocycles. The van der Waals surface area contributed by atoms with Crippen LogP contribution in [0.3, 0.4) is 0 Å². The van der Waals surface area contributed by atoms with Crippen LogP contribution in [0.1, 0.15) is 13.3 Å². The molecule has 1 unspecified atom stereocenters. The molecule has 0 bridgehead atoms. The summed E-state index contributed by atoms with van der Waals surface area (Å²) in [5, 5.41) is 10.4. The number of hydrogen-bond acceptors (Lipinski definition) is 5. The zero-order chi connectivity index (χ0) is 15.0. The van der Waals surface area contributed by atoms with Crippen molar-refractivity contribution in [3.8, 4) is 0 Å². The minimum absolute atomic E-state index is 0.554. The Kier molecular flexibility index (Phi) is 7.76. The Labute approximate surface area is 128 Å². The Morgan fingerprint density at radius 3 is 2.95 bits per heavy atom. The first kappa shape index (κ1) is 17.1. The highest BCUT2D eigenvalue weighted by Crippen LogP contribution is 2.14. The zero-order valence-electron chi connectivity index (χ0n) is 11.3. The van der Waals surface area contributed by atoms with Gasteiger partial charge >= 0.3 is 0 Å². The van der Waals surface area contributed by atoms with Crippen LogP contribution in [-0.2, 0) is 4.79 Å². The van der Waals surface area contributed by atoms with Crippen molar-refractivity contribution in [1.82, 2.24) is 5.43 Å². The first-order valence-corrected chi connectivity index (χ1v) is 7.90. The lowest BCUT2D eigenvalue weighted by Gasteiger charge is -2.18. The second-order valence-electron chi connectivity index (χ2n) is 4.22. The van der Waals surface area contributed by atoms with Gasteiger partial charge in [-0.05, 0) is 36.1 Å². The van der Waals surface area contributed by atoms with Gasteiger partial charge in [-0.2, -0.15) is 11.8 Å². The minimum atomic E-state index is -1.24. The SMILES string of the molecule is CCSCC[C@@H](N)C(O)C(=O)NNc1cccc(Cl)c1. The maximum absolute atomic E-state index is 11.7. The summed E-state index contributed by atoms with van der Waals surface area (Å²) in [6.07, 6.45) is -0.649.